The van der Waals surface area contributed by atoms with Gasteiger partial charge in [0.25, 0.3) is 5.91 Å². The summed E-state index contributed by atoms with van der Waals surface area (Å²) in [4.78, 5) is 26.0. The van der Waals surface area contributed by atoms with Crippen molar-refractivity contribution in [3.63, 3.8) is 0 Å². The van der Waals surface area contributed by atoms with E-state index >= 15 is 0 Å². The number of Topliss-reactive ketones (excluding diaryl/α,β-unsaturated/α-hetero) is 1. The van der Waals surface area contributed by atoms with Crippen molar-refractivity contribution in [2.24, 2.45) is 0 Å². The molecule has 0 bridgehead atoms. The number of hydrogen-bond donors (Lipinski definition) is 0. The van der Waals surface area contributed by atoms with Crippen molar-refractivity contribution in [1.82, 2.24) is 4.90 Å². The lowest BCUT2D eigenvalue weighted by molar-refractivity contribution is -0.144. The molecule has 21 heavy (non-hydrogen) atoms. The summed E-state index contributed by atoms with van der Waals surface area (Å²) in [6.45, 7) is 5.08. The van der Waals surface area contributed by atoms with E-state index in [-0.39, 0.29) is 17.1 Å². The first-order valence-corrected chi connectivity index (χ1v) is 9.71. The highest BCUT2D eigenvalue weighted by Gasteiger charge is 2.31. The van der Waals surface area contributed by atoms with Gasteiger partial charge in [-0.1, -0.05) is 52.4 Å². The molecule has 0 N–H and O–H groups in total. The summed E-state index contributed by atoms with van der Waals surface area (Å²) in [5, 5.41) is 0.237. The van der Waals surface area contributed by atoms with Gasteiger partial charge in [-0.25, -0.2) is 0 Å². The van der Waals surface area contributed by atoms with Crippen molar-refractivity contribution in [1.29, 1.82) is 0 Å². The van der Waals surface area contributed by atoms with Crippen molar-refractivity contribution < 1.29 is 9.59 Å². The number of rotatable bonds is 11. The van der Waals surface area contributed by atoms with Crippen molar-refractivity contribution in [2.45, 2.75) is 83.4 Å². The Morgan fingerprint density at radius 2 is 1.71 bits per heavy atom. The van der Waals surface area contributed by atoms with Gasteiger partial charge in [0.2, 0.25) is 5.78 Å². The molecule has 1 aliphatic heterocycles. The predicted octanol–water partition coefficient (Wildman–Crippen LogP) is 4.40. The zero-order valence-corrected chi connectivity index (χ0v) is 14.6. The van der Waals surface area contributed by atoms with Gasteiger partial charge < -0.3 is 4.90 Å². The van der Waals surface area contributed by atoms with Gasteiger partial charge >= 0.3 is 0 Å². The van der Waals surface area contributed by atoms with E-state index < -0.39 is 0 Å². The van der Waals surface area contributed by atoms with Crippen molar-refractivity contribution >= 4 is 23.5 Å². The standard InChI is InChI=1S/C17H31NO2S/c1-3-5-6-7-8-9-10-12-15(19)17(20)18-14-11-13-16(18)21-4-2/h16H,3-14H2,1-2H3. The number of carbonyl (C=O) groups is 2. The maximum Gasteiger partial charge on any atom is 0.290 e. The van der Waals surface area contributed by atoms with E-state index in [2.05, 4.69) is 13.8 Å². The van der Waals surface area contributed by atoms with Gasteiger partial charge in [0.1, 0.15) is 0 Å². The Kier molecular flexibility index (Phi) is 9.81. The highest BCUT2D eigenvalue weighted by atomic mass is 32.2. The Labute approximate surface area is 134 Å². The molecule has 0 radical (unpaired) electrons. The number of unbranched alkanes of at least 4 members (excludes halogenated alkanes) is 6. The third kappa shape index (κ3) is 6.86. The van der Waals surface area contributed by atoms with Crippen LogP contribution in [0.2, 0.25) is 0 Å². The Bertz CT molecular complexity index is 320. The smallest absolute Gasteiger partial charge is 0.290 e. The Hall–Kier alpha value is -0.510. The van der Waals surface area contributed by atoms with Crippen LogP contribution in [-0.4, -0.2) is 34.3 Å². The van der Waals surface area contributed by atoms with Crippen molar-refractivity contribution in [2.75, 3.05) is 12.3 Å². The SMILES string of the molecule is CCCCCCCCCC(=O)C(=O)N1CCCC1SCC. The lowest BCUT2D eigenvalue weighted by atomic mass is 10.1. The maximum absolute atomic E-state index is 12.2. The Morgan fingerprint density at radius 1 is 1.05 bits per heavy atom. The van der Waals surface area contributed by atoms with Crippen LogP contribution < -0.4 is 0 Å². The van der Waals surface area contributed by atoms with Gasteiger partial charge in [-0.2, -0.15) is 0 Å². The molecule has 1 aliphatic rings. The number of carbonyl (C=O) groups excluding carboxylic acids is 2. The van der Waals surface area contributed by atoms with Crippen LogP contribution in [-0.2, 0) is 9.59 Å². The van der Waals surface area contributed by atoms with Crippen molar-refractivity contribution in [3.8, 4) is 0 Å². The minimum Gasteiger partial charge on any atom is -0.324 e. The van der Waals surface area contributed by atoms with Crippen LogP contribution in [0, 0.1) is 0 Å². The number of amides is 1. The van der Waals surface area contributed by atoms with Crippen LogP contribution in [0.3, 0.4) is 0 Å². The van der Waals surface area contributed by atoms with E-state index in [1.165, 1.54) is 32.1 Å². The average Bonchev–Trinajstić information content (AvgIpc) is 2.94. The monoisotopic (exact) mass is 313 g/mol. The van der Waals surface area contributed by atoms with Crippen LogP contribution in [0.25, 0.3) is 0 Å². The van der Waals surface area contributed by atoms with E-state index in [0.717, 1.165) is 38.0 Å². The van der Waals surface area contributed by atoms with Gasteiger partial charge in [0, 0.05) is 13.0 Å². The van der Waals surface area contributed by atoms with Crippen LogP contribution in [0.5, 0.6) is 0 Å². The zero-order chi connectivity index (χ0) is 15.5. The number of likely N-dealkylation sites (tertiary alicyclic amines) is 1. The minimum absolute atomic E-state index is 0.174. The molecule has 0 aromatic heterocycles. The molecule has 1 heterocycles. The number of ketones is 1. The lowest BCUT2D eigenvalue weighted by Gasteiger charge is -2.23. The molecule has 1 unspecified atom stereocenters. The summed E-state index contributed by atoms with van der Waals surface area (Å²) < 4.78 is 0. The molecule has 0 aromatic rings. The van der Waals surface area contributed by atoms with E-state index in [9.17, 15) is 9.59 Å². The number of nitrogens with zero attached hydrogens (tertiary/aromatic N) is 1. The molecule has 0 aliphatic carbocycles. The first kappa shape index (κ1) is 18.5. The largest absolute Gasteiger partial charge is 0.324 e. The number of hydrogen-bond acceptors (Lipinski definition) is 3. The average molecular weight is 314 g/mol. The first-order valence-electron chi connectivity index (χ1n) is 8.66. The Morgan fingerprint density at radius 3 is 2.38 bits per heavy atom. The fourth-order valence-electron chi connectivity index (χ4n) is 2.84. The van der Waals surface area contributed by atoms with Gasteiger partial charge in [0.15, 0.2) is 0 Å². The quantitative estimate of drug-likeness (QED) is 0.419. The molecule has 0 spiro atoms. The molecule has 122 valence electrons. The molecule has 1 atom stereocenters. The fourth-order valence-corrected chi connectivity index (χ4v) is 3.94. The van der Waals surface area contributed by atoms with Crippen LogP contribution in [0.1, 0.15) is 78.1 Å². The van der Waals surface area contributed by atoms with Crippen molar-refractivity contribution in [3.05, 3.63) is 0 Å². The second-order valence-electron chi connectivity index (χ2n) is 5.85. The molecule has 3 nitrogen and oxygen atoms in total. The summed E-state index contributed by atoms with van der Waals surface area (Å²) in [7, 11) is 0. The summed E-state index contributed by atoms with van der Waals surface area (Å²) in [6, 6.07) is 0. The maximum atomic E-state index is 12.2. The van der Waals surface area contributed by atoms with E-state index in [1.807, 2.05) is 0 Å². The highest BCUT2D eigenvalue weighted by molar-refractivity contribution is 7.99. The molecule has 0 aromatic carbocycles. The normalized spacial score (nSPS) is 18.2. The van der Waals surface area contributed by atoms with Gasteiger partial charge in [-0.15, -0.1) is 11.8 Å². The first-order chi connectivity index (χ1) is 10.2. The molecule has 4 heteroatoms. The second kappa shape index (κ2) is 11.1. The van der Waals surface area contributed by atoms with E-state index in [0.29, 0.717) is 6.42 Å². The van der Waals surface area contributed by atoms with Crippen LogP contribution in [0.4, 0.5) is 0 Å². The predicted molar refractivity (Wildman–Crippen MR) is 90.5 cm³/mol. The van der Waals surface area contributed by atoms with Gasteiger partial charge in [-0.05, 0) is 25.0 Å². The summed E-state index contributed by atoms with van der Waals surface area (Å²) in [5.41, 5.74) is 0. The molecule has 1 amide bonds. The third-order valence-corrected chi connectivity index (χ3v) is 5.27. The molecule has 1 saturated heterocycles. The number of thioether (sulfide) groups is 1. The zero-order valence-electron chi connectivity index (χ0n) is 13.7. The molecular weight excluding hydrogens is 282 g/mol. The topological polar surface area (TPSA) is 37.4 Å². The third-order valence-electron chi connectivity index (χ3n) is 4.06. The fraction of sp³-hybridized carbons (Fsp3) is 0.882. The highest BCUT2D eigenvalue weighted by Crippen LogP contribution is 2.27. The van der Waals surface area contributed by atoms with Gasteiger partial charge in [-0.3, -0.25) is 9.59 Å². The molecule has 1 rings (SSSR count). The summed E-state index contributed by atoms with van der Waals surface area (Å²) >= 11 is 1.79. The Balaban J connectivity index is 2.17. The summed E-state index contributed by atoms with van der Waals surface area (Å²) in [5.74, 6) is 0.594. The molecule has 1 fully saturated rings. The van der Waals surface area contributed by atoms with Gasteiger partial charge in [0.05, 0.1) is 5.37 Å². The van der Waals surface area contributed by atoms with Crippen LogP contribution >= 0.6 is 11.8 Å². The summed E-state index contributed by atoms with van der Waals surface area (Å²) in [6.07, 6.45) is 10.8. The minimum atomic E-state index is -0.232. The van der Waals surface area contributed by atoms with E-state index in [1.54, 1.807) is 16.7 Å². The van der Waals surface area contributed by atoms with E-state index in [4.69, 9.17) is 0 Å². The van der Waals surface area contributed by atoms with Crippen LogP contribution in [0.15, 0.2) is 0 Å². The molecule has 0 saturated carbocycles. The second-order valence-corrected chi connectivity index (χ2v) is 7.30. The lowest BCUT2D eigenvalue weighted by Crippen LogP contribution is -2.38. The molecular formula is C17H31NO2S.